The lowest BCUT2D eigenvalue weighted by Crippen LogP contribution is -2.07. The largest absolute Gasteiger partial charge is 0.381 e. The van der Waals surface area contributed by atoms with E-state index in [0.717, 1.165) is 12.8 Å². The first-order chi connectivity index (χ1) is 8.91. The molecular weight excluding hydrogens is 240 g/mol. The molecule has 0 fully saturated rings. The molecule has 0 rings (SSSR count). The van der Waals surface area contributed by atoms with E-state index in [9.17, 15) is 9.59 Å². The zero-order chi connectivity index (χ0) is 14.7. The normalized spacial score (nSPS) is 11.3. The lowest BCUT2D eigenvalue weighted by Gasteiger charge is -2.06. The quantitative estimate of drug-likeness (QED) is 0.507. The molecule has 0 aromatic rings. The van der Waals surface area contributed by atoms with Crippen LogP contribution in [0.2, 0.25) is 0 Å². The summed E-state index contributed by atoms with van der Waals surface area (Å²) < 4.78 is 5.44. The van der Waals surface area contributed by atoms with Crippen LogP contribution in [-0.2, 0) is 14.3 Å². The van der Waals surface area contributed by atoms with E-state index >= 15 is 0 Å². The summed E-state index contributed by atoms with van der Waals surface area (Å²) in [6.07, 6.45) is 4.17. The second-order valence-electron chi connectivity index (χ2n) is 6.09. The predicted molar refractivity (Wildman–Crippen MR) is 78.2 cm³/mol. The fourth-order valence-electron chi connectivity index (χ4n) is 1.96. The van der Waals surface area contributed by atoms with Crippen molar-refractivity contribution >= 4 is 11.6 Å². The molecule has 0 aromatic carbocycles. The lowest BCUT2D eigenvalue weighted by molar-refractivity contribution is -0.120. The number of carbonyl (C=O) groups is 2. The van der Waals surface area contributed by atoms with Gasteiger partial charge in [-0.05, 0) is 24.7 Å². The molecular formula is C16H30O3. The monoisotopic (exact) mass is 270 g/mol. The van der Waals surface area contributed by atoms with Gasteiger partial charge < -0.3 is 4.74 Å². The molecule has 0 aliphatic carbocycles. The summed E-state index contributed by atoms with van der Waals surface area (Å²) in [5.74, 6) is 1.54. The van der Waals surface area contributed by atoms with E-state index in [2.05, 4.69) is 27.7 Å². The first-order valence-electron chi connectivity index (χ1n) is 7.53. The third-order valence-corrected chi connectivity index (χ3v) is 2.76. The molecule has 3 heteroatoms. The van der Waals surface area contributed by atoms with E-state index in [-0.39, 0.29) is 0 Å². The van der Waals surface area contributed by atoms with Gasteiger partial charge in [-0.1, -0.05) is 27.7 Å². The number of ketones is 2. The zero-order valence-electron chi connectivity index (χ0n) is 13.0. The summed E-state index contributed by atoms with van der Waals surface area (Å²) in [4.78, 5) is 22.9. The highest BCUT2D eigenvalue weighted by Gasteiger charge is 2.06. The molecule has 0 heterocycles. The maximum absolute atomic E-state index is 11.4. The highest BCUT2D eigenvalue weighted by molar-refractivity contribution is 5.78. The van der Waals surface area contributed by atoms with Crippen molar-refractivity contribution in [3.05, 3.63) is 0 Å². The van der Waals surface area contributed by atoms with Crippen LogP contribution in [0.25, 0.3) is 0 Å². The van der Waals surface area contributed by atoms with Gasteiger partial charge in [-0.3, -0.25) is 9.59 Å². The first kappa shape index (κ1) is 18.3. The van der Waals surface area contributed by atoms with Gasteiger partial charge in [-0.2, -0.15) is 0 Å². The van der Waals surface area contributed by atoms with E-state index in [1.165, 1.54) is 0 Å². The molecule has 0 bridgehead atoms. The molecule has 0 atom stereocenters. The van der Waals surface area contributed by atoms with Crippen molar-refractivity contribution in [1.29, 1.82) is 0 Å². The minimum atomic E-state index is 0.325. The number of Topliss-reactive ketones (excluding diaryl/α,β-unsaturated/α-hetero) is 2. The number of rotatable bonds is 12. The van der Waals surface area contributed by atoms with E-state index in [1.807, 2.05) is 0 Å². The van der Waals surface area contributed by atoms with Gasteiger partial charge >= 0.3 is 0 Å². The highest BCUT2D eigenvalue weighted by Crippen LogP contribution is 2.06. The van der Waals surface area contributed by atoms with Gasteiger partial charge in [-0.25, -0.2) is 0 Å². The van der Waals surface area contributed by atoms with Crippen molar-refractivity contribution in [3.63, 3.8) is 0 Å². The number of carbonyl (C=O) groups excluding carboxylic acids is 2. The van der Waals surface area contributed by atoms with Crippen molar-refractivity contribution in [2.75, 3.05) is 13.2 Å². The molecule has 19 heavy (non-hydrogen) atoms. The molecule has 0 saturated carbocycles. The standard InChI is InChI=1S/C16H30O3/c1-13(2)11-15(17)7-5-9-19-10-6-8-16(18)12-14(3)4/h13-14H,5-12H2,1-4H3. The third-order valence-electron chi connectivity index (χ3n) is 2.76. The Morgan fingerprint density at radius 2 is 1.16 bits per heavy atom. The minimum absolute atomic E-state index is 0.325. The van der Waals surface area contributed by atoms with Gasteiger partial charge in [0.2, 0.25) is 0 Å². The van der Waals surface area contributed by atoms with Gasteiger partial charge in [0.25, 0.3) is 0 Å². The fourth-order valence-corrected chi connectivity index (χ4v) is 1.96. The van der Waals surface area contributed by atoms with Gasteiger partial charge in [0, 0.05) is 38.9 Å². The van der Waals surface area contributed by atoms with Crippen LogP contribution in [0.5, 0.6) is 0 Å². The SMILES string of the molecule is CC(C)CC(=O)CCCOCCCC(=O)CC(C)C. The second-order valence-corrected chi connectivity index (χ2v) is 6.09. The summed E-state index contributed by atoms with van der Waals surface area (Å²) in [6, 6.07) is 0. The van der Waals surface area contributed by atoms with Crippen molar-refractivity contribution < 1.29 is 14.3 Å². The number of hydrogen-bond acceptors (Lipinski definition) is 3. The Morgan fingerprint density at radius 1 is 0.789 bits per heavy atom. The van der Waals surface area contributed by atoms with E-state index in [4.69, 9.17) is 4.74 Å². The van der Waals surface area contributed by atoms with Gasteiger partial charge in [0.05, 0.1) is 0 Å². The fraction of sp³-hybridized carbons (Fsp3) is 0.875. The Kier molecular flexibility index (Phi) is 10.7. The Hall–Kier alpha value is -0.700. The van der Waals surface area contributed by atoms with Crippen LogP contribution in [0, 0.1) is 11.8 Å². The summed E-state index contributed by atoms with van der Waals surface area (Å²) in [7, 11) is 0. The van der Waals surface area contributed by atoms with E-state index < -0.39 is 0 Å². The topological polar surface area (TPSA) is 43.4 Å². The summed E-state index contributed by atoms with van der Waals surface area (Å²) in [5, 5.41) is 0. The molecule has 0 aliphatic rings. The van der Waals surface area contributed by atoms with Crippen LogP contribution in [0.1, 0.15) is 66.2 Å². The zero-order valence-corrected chi connectivity index (χ0v) is 13.0. The molecule has 0 amide bonds. The summed E-state index contributed by atoms with van der Waals surface area (Å²) >= 11 is 0. The molecule has 0 unspecified atom stereocenters. The number of ether oxygens (including phenoxy) is 1. The second kappa shape index (κ2) is 11.2. The van der Waals surface area contributed by atoms with Crippen molar-refractivity contribution in [2.45, 2.75) is 66.2 Å². The molecule has 0 aliphatic heterocycles. The Bertz CT molecular complexity index is 231. The Morgan fingerprint density at radius 3 is 1.47 bits per heavy atom. The molecule has 0 radical (unpaired) electrons. The van der Waals surface area contributed by atoms with E-state index in [1.54, 1.807) is 0 Å². The van der Waals surface area contributed by atoms with Crippen LogP contribution in [-0.4, -0.2) is 24.8 Å². The lowest BCUT2D eigenvalue weighted by atomic mass is 10.0. The predicted octanol–water partition coefficient (Wildman–Crippen LogP) is 3.79. The van der Waals surface area contributed by atoms with E-state index in [0.29, 0.717) is 62.3 Å². The van der Waals surface area contributed by atoms with Crippen molar-refractivity contribution in [3.8, 4) is 0 Å². The Labute approximate surface area is 118 Å². The molecule has 0 N–H and O–H groups in total. The van der Waals surface area contributed by atoms with Crippen LogP contribution in [0.3, 0.4) is 0 Å². The summed E-state index contributed by atoms with van der Waals surface area (Å²) in [5.41, 5.74) is 0. The molecule has 3 nitrogen and oxygen atoms in total. The smallest absolute Gasteiger partial charge is 0.133 e. The molecule has 0 spiro atoms. The third kappa shape index (κ3) is 13.5. The van der Waals surface area contributed by atoms with Gasteiger partial charge in [0.1, 0.15) is 11.6 Å². The molecule has 0 aromatic heterocycles. The van der Waals surface area contributed by atoms with Gasteiger partial charge in [-0.15, -0.1) is 0 Å². The Balaban J connectivity index is 3.32. The summed E-state index contributed by atoms with van der Waals surface area (Å²) in [6.45, 7) is 9.49. The van der Waals surface area contributed by atoms with Crippen LogP contribution >= 0.6 is 0 Å². The van der Waals surface area contributed by atoms with Crippen molar-refractivity contribution in [1.82, 2.24) is 0 Å². The van der Waals surface area contributed by atoms with Crippen LogP contribution in [0.4, 0.5) is 0 Å². The molecule has 112 valence electrons. The minimum Gasteiger partial charge on any atom is -0.381 e. The maximum atomic E-state index is 11.4. The van der Waals surface area contributed by atoms with Gasteiger partial charge in [0.15, 0.2) is 0 Å². The average Bonchev–Trinajstić information content (AvgIpc) is 2.25. The average molecular weight is 270 g/mol. The first-order valence-corrected chi connectivity index (χ1v) is 7.53. The van der Waals surface area contributed by atoms with Crippen LogP contribution in [0.15, 0.2) is 0 Å². The van der Waals surface area contributed by atoms with Crippen molar-refractivity contribution in [2.24, 2.45) is 11.8 Å². The number of hydrogen-bond donors (Lipinski definition) is 0. The highest BCUT2D eigenvalue weighted by atomic mass is 16.5. The maximum Gasteiger partial charge on any atom is 0.133 e. The molecule has 0 saturated heterocycles. The van der Waals surface area contributed by atoms with Crippen LogP contribution < -0.4 is 0 Å².